The van der Waals surface area contributed by atoms with Crippen LogP contribution in [0.2, 0.25) is 0 Å². The van der Waals surface area contributed by atoms with E-state index in [-0.39, 0.29) is 0 Å². The molecule has 0 unspecified atom stereocenters. The minimum absolute atomic E-state index is 0.538. The summed E-state index contributed by atoms with van der Waals surface area (Å²) < 4.78 is 0. The Morgan fingerprint density at radius 1 is 0.714 bits per heavy atom. The summed E-state index contributed by atoms with van der Waals surface area (Å²) in [6, 6.07) is 0. The molecule has 2 aliphatic heterocycles. The van der Waals surface area contributed by atoms with Crippen LogP contribution in [0.25, 0.3) is 0 Å². The molecule has 2 heteroatoms. The van der Waals surface area contributed by atoms with Crippen LogP contribution in [0.15, 0.2) is 0 Å². The van der Waals surface area contributed by atoms with Gasteiger partial charge >= 0.3 is 0 Å². The van der Waals surface area contributed by atoms with Gasteiger partial charge in [0.2, 0.25) is 0 Å². The first-order valence-electron chi connectivity index (χ1n) is 5.82. The van der Waals surface area contributed by atoms with Crippen molar-refractivity contribution in [3.63, 3.8) is 0 Å². The first-order valence-corrected chi connectivity index (χ1v) is 5.82. The summed E-state index contributed by atoms with van der Waals surface area (Å²) in [6.45, 7) is 14.0. The van der Waals surface area contributed by atoms with Crippen LogP contribution in [0.5, 0.6) is 0 Å². The second-order valence-electron chi connectivity index (χ2n) is 5.47. The highest BCUT2D eigenvalue weighted by atomic mass is 15.2. The highest BCUT2D eigenvalue weighted by Gasteiger charge is 2.55. The van der Waals surface area contributed by atoms with Gasteiger partial charge in [-0.2, -0.15) is 0 Å². The third-order valence-corrected chi connectivity index (χ3v) is 3.93. The topological polar surface area (TPSA) is 6.48 Å². The maximum absolute atomic E-state index is 2.48. The number of rotatable bonds is 0. The van der Waals surface area contributed by atoms with Gasteiger partial charge in [0.15, 0.2) is 0 Å². The van der Waals surface area contributed by atoms with Gasteiger partial charge in [-0.15, -0.1) is 0 Å². The van der Waals surface area contributed by atoms with E-state index in [1.807, 2.05) is 13.8 Å². The summed E-state index contributed by atoms with van der Waals surface area (Å²) in [5.74, 6) is 0. The summed E-state index contributed by atoms with van der Waals surface area (Å²) in [4.78, 5) is 4.96. The van der Waals surface area contributed by atoms with Crippen LogP contribution in [-0.2, 0) is 0 Å². The van der Waals surface area contributed by atoms with Crippen molar-refractivity contribution in [2.75, 3.05) is 40.3 Å². The molecule has 2 aliphatic rings. The lowest BCUT2D eigenvalue weighted by molar-refractivity contribution is 0.212. The Balaban J connectivity index is 0.000000461. The van der Waals surface area contributed by atoms with Gasteiger partial charge < -0.3 is 9.80 Å². The lowest BCUT2D eigenvalue weighted by atomic mass is 9.71. The van der Waals surface area contributed by atoms with Gasteiger partial charge in [0.1, 0.15) is 0 Å². The molecule has 0 radical (unpaired) electrons. The molecule has 14 heavy (non-hydrogen) atoms. The highest BCUT2D eigenvalue weighted by Crippen LogP contribution is 2.50. The van der Waals surface area contributed by atoms with Crippen molar-refractivity contribution in [3.8, 4) is 0 Å². The average Bonchev–Trinajstić information content (AvgIpc) is 2.35. The molecule has 0 aromatic heterocycles. The molecule has 2 fully saturated rings. The van der Waals surface area contributed by atoms with Crippen LogP contribution in [0.1, 0.15) is 27.7 Å². The maximum atomic E-state index is 2.48. The number of nitrogens with zero attached hydrogens (tertiary/aromatic N) is 2. The Labute approximate surface area is 89.3 Å². The SMILES string of the molecule is CC.CN1CC2(C)CN(C)CC2(C)C1. The van der Waals surface area contributed by atoms with Crippen LogP contribution in [0.3, 0.4) is 0 Å². The maximum Gasteiger partial charge on any atom is 0.00510 e. The fourth-order valence-corrected chi connectivity index (χ4v) is 3.36. The van der Waals surface area contributed by atoms with E-state index in [0.717, 1.165) is 0 Å². The monoisotopic (exact) mass is 198 g/mol. The molecule has 0 N–H and O–H groups in total. The average molecular weight is 198 g/mol. The van der Waals surface area contributed by atoms with Gasteiger partial charge in [0, 0.05) is 37.0 Å². The molecule has 0 bridgehead atoms. The molecule has 0 spiro atoms. The van der Waals surface area contributed by atoms with Crippen molar-refractivity contribution in [1.82, 2.24) is 9.80 Å². The fourth-order valence-electron chi connectivity index (χ4n) is 3.36. The lowest BCUT2D eigenvalue weighted by Gasteiger charge is -2.31. The van der Waals surface area contributed by atoms with Gasteiger partial charge in [-0.3, -0.25) is 0 Å². The van der Waals surface area contributed by atoms with Crippen LogP contribution in [0.4, 0.5) is 0 Å². The minimum atomic E-state index is 0.538. The third-order valence-electron chi connectivity index (χ3n) is 3.93. The Bertz CT molecular complexity index is 166. The number of fused-ring (bicyclic) bond motifs is 1. The van der Waals surface area contributed by atoms with Gasteiger partial charge in [-0.05, 0) is 14.1 Å². The normalized spacial score (nSPS) is 43.3. The molecule has 0 aliphatic carbocycles. The smallest absolute Gasteiger partial charge is 0.00510 e. The predicted molar refractivity (Wildman–Crippen MR) is 62.6 cm³/mol. The van der Waals surface area contributed by atoms with Crippen LogP contribution >= 0.6 is 0 Å². The van der Waals surface area contributed by atoms with E-state index in [0.29, 0.717) is 10.8 Å². The third kappa shape index (κ3) is 1.70. The second-order valence-corrected chi connectivity index (χ2v) is 5.47. The summed E-state index contributed by atoms with van der Waals surface area (Å²) in [5, 5.41) is 0. The number of hydrogen-bond donors (Lipinski definition) is 0. The van der Waals surface area contributed by atoms with Gasteiger partial charge in [0.05, 0.1) is 0 Å². The summed E-state index contributed by atoms with van der Waals surface area (Å²) in [5.41, 5.74) is 1.08. The zero-order chi connectivity index (χ0) is 11.0. The Hall–Kier alpha value is -0.0800. The zero-order valence-electron chi connectivity index (χ0n) is 10.7. The van der Waals surface area contributed by atoms with E-state index < -0.39 is 0 Å². The van der Waals surface area contributed by atoms with Crippen LogP contribution in [-0.4, -0.2) is 50.1 Å². The first-order chi connectivity index (χ1) is 6.45. The molecule has 0 saturated carbocycles. The molecular formula is C12H26N2. The fraction of sp³-hybridized carbons (Fsp3) is 1.00. The van der Waals surface area contributed by atoms with E-state index in [1.54, 1.807) is 0 Å². The van der Waals surface area contributed by atoms with Crippen molar-refractivity contribution in [3.05, 3.63) is 0 Å². The molecule has 0 aromatic carbocycles. The van der Waals surface area contributed by atoms with Crippen molar-refractivity contribution in [2.24, 2.45) is 10.8 Å². The molecule has 0 atom stereocenters. The Morgan fingerprint density at radius 3 is 1.14 bits per heavy atom. The molecular weight excluding hydrogens is 172 g/mol. The van der Waals surface area contributed by atoms with Crippen molar-refractivity contribution in [2.45, 2.75) is 27.7 Å². The van der Waals surface area contributed by atoms with Crippen molar-refractivity contribution >= 4 is 0 Å². The van der Waals surface area contributed by atoms with E-state index in [4.69, 9.17) is 0 Å². The number of likely N-dealkylation sites (tertiary alicyclic amines) is 2. The zero-order valence-corrected chi connectivity index (χ0v) is 10.7. The Morgan fingerprint density at radius 2 is 0.929 bits per heavy atom. The van der Waals surface area contributed by atoms with Crippen molar-refractivity contribution in [1.29, 1.82) is 0 Å². The quantitative estimate of drug-likeness (QED) is 0.587. The molecule has 2 heterocycles. The van der Waals surface area contributed by atoms with E-state index in [2.05, 4.69) is 37.7 Å². The standard InChI is InChI=1S/C10H20N2.C2H6/c1-9-5-11(3)7-10(9,2)8-12(4)6-9;1-2/h5-8H2,1-4H3;1-2H3. The van der Waals surface area contributed by atoms with Crippen LogP contribution in [0, 0.1) is 10.8 Å². The first kappa shape index (κ1) is 12.0. The second kappa shape index (κ2) is 3.82. The molecule has 2 saturated heterocycles. The summed E-state index contributed by atoms with van der Waals surface area (Å²) in [7, 11) is 4.49. The summed E-state index contributed by atoms with van der Waals surface area (Å²) in [6.07, 6.45) is 0. The molecule has 2 rings (SSSR count). The van der Waals surface area contributed by atoms with Crippen LogP contribution < -0.4 is 0 Å². The summed E-state index contributed by atoms with van der Waals surface area (Å²) >= 11 is 0. The highest BCUT2D eigenvalue weighted by molar-refractivity contribution is 5.08. The van der Waals surface area contributed by atoms with Crippen molar-refractivity contribution < 1.29 is 0 Å². The minimum Gasteiger partial charge on any atom is -0.305 e. The van der Waals surface area contributed by atoms with E-state index >= 15 is 0 Å². The largest absolute Gasteiger partial charge is 0.305 e. The molecule has 0 amide bonds. The van der Waals surface area contributed by atoms with Gasteiger partial charge in [-0.1, -0.05) is 27.7 Å². The predicted octanol–water partition coefficient (Wildman–Crippen LogP) is 1.92. The number of hydrogen-bond acceptors (Lipinski definition) is 2. The van der Waals surface area contributed by atoms with E-state index in [9.17, 15) is 0 Å². The molecule has 0 aromatic rings. The molecule has 84 valence electrons. The Kier molecular flexibility index (Phi) is 3.27. The van der Waals surface area contributed by atoms with Gasteiger partial charge in [-0.25, -0.2) is 0 Å². The van der Waals surface area contributed by atoms with E-state index in [1.165, 1.54) is 26.2 Å². The lowest BCUT2D eigenvalue weighted by Crippen LogP contribution is -2.34. The van der Waals surface area contributed by atoms with Gasteiger partial charge in [0.25, 0.3) is 0 Å². The molecule has 2 nitrogen and oxygen atoms in total.